The van der Waals surface area contributed by atoms with Gasteiger partial charge in [-0.2, -0.15) is 0 Å². The van der Waals surface area contributed by atoms with Crippen molar-refractivity contribution in [2.75, 3.05) is 6.61 Å². The molecule has 0 spiro atoms. The minimum Gasteiger partial charge on any atom is -0.368 e. The molecule has 1 aliphatic rings. The number of aromatic nitrogens is 1. The highest BCUT2D eigenvalue weighted by molar-refractivity contribution is 5.88. The van der Waals surface area contributed by atoms with Crippen molar-refractivity contribution in [2.24, 2.45) is 5.92 Å². The van der Waals surface area contributed by atoms with Crippen LogP contribution in [0.15, 0.2) is 18.2 Å². The van der Waals surface area contributed by atoms with Crippen LogP contribution in [-0.2, 0) is 23.2 Å². The summed E-state index contributed by atoms with van der Waals surface area (Å²) in [5.41, 5.74) is 5.45. The van der Waals surface area contributed by atoms with Crippen LogP contribution in [-0.4, -0.2) is 11.6 Å². The number of benzene rings is 1. The third-order valence-corrected chi connectivity index (χ3v) is 5.10. The molecule has 0 aliphatic carbocycles. The molecular formula is C19H27NO. The van der Waals surface area contributed by atoms with E-state index < -0.39 is 0 Å². The van der Waals surface area contributed by atoms with E-state index in [1.165, 1.54) is 27.7 Å². The Labute approximate surface area is 127 Å². The smallest absolute Gasteiger partial charge is 0.110 e. The van der Waals surface area contributed by atoms with Crippen LogP contribution in [0.4, 0.5) is 0 Å². The van der Waals surface area contributed by atoms with E-state index in [1.54, 1.807) is 0 Å². The highest BCUT2D eigenvalue weighted by atomic mass is 16.5. The first-order valence-electron chi connectivity index (χ1n) is 8.41. The van der Waals surface area contributed by atoms with Gasteiger partial charge in [-0.25, -0.2) is 0 Å². The zero-order valence-electron chi connectivity index (χ0n) is 13.8. The lowest BCUT2D eigenvalue weighted by atomic mass is 9.79. The number of fused-ring (bicyclic) bond motifs is 3. The first-order valence-corrected chi connectivity index (χ1v) is 8.41. The standard InChI is InChI=1S/C19H27NO/c1-5-11-19(13(3)4)18-16(10-12-21-19)15-9-7-8-14(6-2)17(15)20-18/h7-9,13,20H,5-6,10-12H2,1-4H3. The van der Waals surface area contributed by atoms with Gasteiger partial charge in [-0.1, -0.05) is 52.3 Å². The summed E-state index contributed by atoms with van der Waals surface area (Å²) in [6, 6.07) is 6.70. The van der Waals surface area contributed by atoms with Crippen LogP contribution in [0.2, 0.25) is 0 Å². The Balaban J connectivity index is 2.26. The van der Waals surface area contributed by atoms with E-state index in [4.69, 9.17) is 4.74 Å². The maximum atomic E-state index is 6.37. The van der Waals surface area contributed by atoms with Gasteiger partial charge in [0.1, 0.15) is 5.60 Å². The van der Waals surface area contributed by atoms with Crippen molar-refractivity contribution >= 4 is 10.9 Å². The number of hydrogen-bond donors (Lipinski definition) is 1. The summed E-state index contributed by atoms with van der Waals surface area (Å²) in [6.45, 7) is 9.90. The van der Waals surface area contributed by atoms with Gasteiger partial charge in [-0.05, 0) is 36.3 Å². The Morgan fingerprint density at radius 3 is 2.76 bits per heavy atom. The van der Waals surface area contributed by atoms with Crippen LogP contribution in [0.5, 0.6) is 0 Å². The molecule has 21 heavy (non-hydrogen) atoms. The van der Waals surface area contributed by atoms with Crippen LogP contribution in [0.25, 0.3) is 10.9 Å². The second-order valence-electron chi connectivity index (χ2n) is 6.56. The Morgan fingerprint density at radius 1 is 1.29 bits per heavy atom. The summed E-state index contributed by atoms with van der Waals surface area (Å²) in [4.78, 5) is 3.77. The van der Waals surface area contributed by atoms with Gasteiger partial charge in [0, 0.05) is 10.9 Å². The molecule has 1 aliphatic heterocycles. The molecule has 1 aromatic carbocycles. The zero-order chi connectivity index (χ0) is 15.0. The van der Waals surface area contributed by atoms with Crippen molar-refractivity contribution in [1.82, 2.24) is 4.98 Å². The van der Waals surface area contributed by atoms with Crippen LogP contribution in [0.1, 0.15) is 57.4 Å². The molecule has 0 amide bonds. The Hall–Kier alpha value is -1.28. The fraction of sp³-hybridized carbons (Fsp3) is 0.579. The molecule has 2 heteroatoms. The number of para-hydroxylation sites is 1. The average Bonchev–Trinajstić information content (AvgIpc) is 2.87. The minimum absolute atomic E-state index is 0.133. The van der Waals surface area contributed by atoms with Crippen LogP contribution in [0, 0.1) is 5.92 Å². The Bertz CT molecular complexity index is 640. The van der Waals surface area contributed by atoms with E-state index in [0.29, 0.717) is 5.92 Å². The molecule has 0 saturated heterocycles. The van der Waals surface area contributed by atoms with E-state index >= 15 is 0 Å². The van der Waals surface area contributed by atoms with Gasteiger partial charge in [0.2, 0.25) is 0 Å². The van der Waals surface area contributed by atoms with E-state index in [9.17, 15) is 0 Å². The molecule has 0 radical (unpaired) electrons. The summed E-state index contributed by atoms with van der Waals surface area (Å²) in [7, 11) is 0. The first kappa shape index (κ1) is 14.6. The second-order valence-corrected chi connectivity index (χ2v) is 6.56. The normalized spacial score (nSPS) is 22.0. The third-order valence-electron chi connectivity index (χ3n) is 5.10. The van der Waals surface area contributed by atoms with E-state index in [2.05, 4.69) is 50.9 Å². The SMILES string of the molecule is CCCC1(C(C)C)OCCc2c1[nH]c1c(CC)cccc21. The molecule has 2 nitrogen and oxygen atoms in total. The molecule has 0 fully saturated rings. The monoisotopic (exact) mass is 285 g/mol. The summed E-state index contributed by atoms with van der Waals surface area (Å²) >= 11 is 0. The molecule has 2 aromatic rings. The molecule has 1 atom stereocenters. The van der Waals surface area contributed by atoms with Crippen molar-refractivity contribution in [3.8, 4) is 0 Å². The molecule has 114 valence electrons. The van der Waals surface area contributed by atoms with Gasteiger partial charge in [0.05, 0.1) is 12.3 Å². The molecule has 0 saturated carbocycles. The topological polar surface area (TPSA) is 25.0 Å². The molecule has 1 aromatic heterocycles. The number of ether oxygens (including phenoxy) is 1. The van der Waals surface area contributed by atoms with E-state index in [0.717, 1.165) is 32.3 Å². The fourth-order valence-electron chi connectivity index (χ4n) is 3.97. The average molecular weight is 285 g/mol. The largest absolute Gasteiger partial charge is 0.368 e. The van der Waals surface area contributed by atoms with Gasteiger partial charge < -0.3 is 9.72 Å². The minimum atomic E-state index is -0.133. The molecule has 1 N–H and O–H groups in total. The van der Waals surface area contributed by atoms with Crippen molar-refractivity contribution in [2.45, 2.75) is 59.0 Å². The van der Waals surface area contributed by atoms with Crippen molar-refractivity contribution in [3.63, 3.8) is 0 Å². The van der Waals surface area contributed by atoms with E-state index in [1.807, 2.05) is 0 Å². The van der Waals surface area contributed by atoms with E-state index in [-0.39, 0.29) is 5.60 Å². The third kappa shape index (κ3) is 2.12. The van der Waals surface area contributed by atoms with Crippen LogP contribution in [0.3, 0.4) is 0 Å². The quantitative estimate of drug-likeness (QED) is 0.844. The number of H-pyrrole nitrogens is 1. The summed E-state index contributed by atoms with van der Waals surface area (Å²) < 4.78 is 6.37. The lowest BCUT2D eigenvalue weighted by Crippen LogP contribution is -2.40. The predicted octanol–water partition coefficient (Wildman–Crippen LogP) is 4.95. The number of rotatable bonds is 4. The first-order chi connectivity index (χ1) is 10.1. The van der Waals surface area contributed by atoms with Gasteiger partial charge >= 0.3 is 0 Å². The second kappa shape index (κ2) is 5.49. The Morgan fingerprint density at radius 2 is 2.10 bits per heavy atom. The number of aryl methyl sites for hydroxylation is 1. The summed E-state index contributed by atoms with van der Waals surface area (Å²) in [5.74, 6) is 0.481. The van der Waals surface area contributed by atoms with Crippen molar-refractivity contribution < 1.29 is 4.74 Å². The highest BCUT2D eigenvalue weighted by Crippen LogP contribution is 2.45. The molecular weight excluding hydrogens is 258 g/mol. The fourth-order valence-corrected chi connectivity index (χ4v) is 3.97. The number of hydrogen-bond acceptors (Lipinski definition) is 1. The molecule has 0 bridgehead atoms. The van der Waals surface area contributed by atoms with Crippen molar-refractivity contribution in [1.29, 1.82) is 0 Å². The number of nitrogens with one attached hydrogen (secondary N) is 1. The lowest BCUT2D eigenvalue weighted by Gasteiger charge is -2.40. The molecule has 2 heterocycles. The Kier molecular flexibility index (Phi) is 3.83. The maximum Gasteiger partial charge on any atom is 0.110 e. The zero-order valence-corrected chi connectivity index (χ0v) is 13.8. The van der Waals surface area contributed by atoms with Gasteiger partial charge in [-0.3, -0.25) is 0 Å². The van der Waals surface area contributed by atoms with Crippen LogP contribution < -0.4 is 0 Å². The number of aromatic amines is 1. The maximum absolute atomic E-state index is 6.37. The molecule has 1 unspecified atom stereocenters. The highest BCUT2D eigenvalue weighted by Gasteiger charge is 2.42. The van der Waals surface area contributed by atoms with Gasteiger partial charge in [-0.15, -0.1) is 0 Å². The molecule has 3 rings (SSSR count). The summed E-state index contributed by atoms with van der Waals surface area (Å²) in [5, 5.41) is 1.41. The van der Waals surface area contributed by atoms with Crippen LogP contribution >= 0.6 is 0 Å². The van der Waals surface area contributed by atoms with Gasteiger partial charge in [0.25, 0.3) is 0 Å². The van der Waals surface area contributed by atoms with Crippen molar-refractivity contribution in [3.05, 3.63) is 35.0 Å². The summed E-state index contributed by atoms with van der Waals surface area (Å²) in [6.07, 6.45) is 4.33. The van der Waals surface area contributed by atoms with Gasteiger partial charge in [0.15, 0.2) is 0 Å². The predicted molar refractivity (Wildman–Crippen MR) is 88.8 cm³/mol. The lowest BCUT2D eigenvalue weighted by molar-refractivity contribution is -0.102.